The van der Waals surface area contributed by atoms with Crippen molar-refractivity contribution in [1.29, 1.82) is 0 Å². The van der Waals surface area contributed by atoms with Gasteiger partial charge in [-0.15, -0.1) is 0 Å². The lowest BCUT2D eigenvalue weighted by molar-refractivity contribution is 0.0950. The lowest BCUT2D eigenvalue weighted by Gasteiger charge is -2.31. The zero-order chi connectivity index (χ0) is 26.6. The first-order valence-corrected chi connectivity index (χ1v) is 12.7. The molecule has 1 aromatic heterocycles. The summed E-state index contributed by atoms with van der Waals surface area (Å²) in [6.45, 7) is 4.52. The number of benzene rings is 2. The van der Waals surface area contributed by atoms with Gasteiger partial charge in [0.1, 0.15) is 11.6 Å². The van der Waals surface area contributed by atoms with Gasteiger partial charge in [0.25, 0.3) is 5.91 Å². The van der Waals surface area contributed by atoms with Crippen LogP contribution >= 0.6 is 0 Å². The standard InChI is InChI=1S/C30H32N6O2/c1-20-8-15-26-6-5-7-28(22-11-16-27(38-4)17-12-22)36(26)34-29(20)32-24-13-9-23(10-14-24)30(37)31-19-25-18-21(2)35(3)33-25/h5-7,9-18,20H,8,19H2,1-4H3,(H,31,37)(H,32,34). The van der Waals surface area contributed by atoms with Gasteiger partial charge in [0.05, 0.1) is 36.4 Å². The molecule has 1 unspecified atom stereocenters. The molecule has 2 N–H and O–H groups in total. The lowest BCUT2D eigenvalue weighted by Crippen LogP contribution is -2.41. The van der Waals surface area contributed by atoms with Crippen molar-refractivity contribution in [2.75, 3.05) is 7.11 Å². The van der Waals surface area contributed by atoms with Gasteiger partial charge < -0.3 is 10.1 Å². The number of hydrogen-bond acceptors (Lipinski definition) is 5. The first-order valence-electron chi connectivity index (χ1n) is 12.7. The van der Waals surface area contributed by atoms with Gasteiger partial charge in [0.2, 0.25) is 0 Å². The maximum atomic E-state index is 12.6. The first-order chi connectivity index (χ1) is 18.4. The van der Waals surface area contributed by atoms with E-state index in [1.807, 2.05) is 56.4 Å². The van der Waals surface area contributed by atoms with Crippen LogP contribution in [-0.2, 0) is 13.6 Å². The molecule has 2 aliphatic heterocycles. The minimum Gasteiger partial charge on any atom is -0.497 e. The number of ether oxygens (including phenoxy) is 1. The topological polar surface area (TPSA) is 83.8 Å². The van der Waals surface area contributed by atoms with E-state index in [0.29, 0.717) is 12.1 Å². The van der Waals surface area contributed by atoms with Crippen LogP contribution in [0.25, 0.3) is 5.70 Å². The monoisotopic (exact) mass is 508 g/mol. The Hall–Kier alpha value is -4.59. The van der Waals surface area contributed by atoms with Crippen LogP contribution < -0.4 is 15.5 Å². The first kappa shape index (κ1) is 25.1. The number of hydrazine groups is 1. The molecule has 0 saturated carbocycles. The highest BCUT2D eigenvalue weighted by Crippen LogP contribution is 2.30. The predicted octanol–water partition coefficient (Wildman–Crippen LogP) is 5.04. The van der Waals surface area contributed by atoms with Gasteiger partial charge in [0, 0.05) is 29.8 Å². The van der Waals surface area contributed by atoms with E-state index >= 15 is 0 Å². The van der Waals surface area contributed by atoms with Crippen LogP contribution in [-0.4, -0.2) is 33.6 Å². The van der Waals surface area contributed by atoms with Gasteiger partial charge in [-0.1, -0.05) is 19.1 Å². The fraction of sp³-hybridized carbons (Fsp3) is 0.233. The molecule has 194 valence electrons. The molecule has 0 bridgehead atoms. The van der Waals surface area contributed by atoms with Crippen LogP contribution in [0.5, 0.6) is 5.75 Å². The van der Waals surface area contributed by atoms with Crippen molar-refractivity contribution >= 4 is 23.1 Å². The highest BCUT2D eigenvalue weighted by atomic mass is 16.5. The van der Waals surface area contributed by atoms with Crippen LogP contribution in [0.1, 0.15) is 40.7 Å². The van der Waals surface area contributed by atoms with Gasteiger partial charge in [-0.2, -0.15) is 5.10 Å². The molecule has 2 aliphatic rings. The highest BCUT2D eigenvalue weighted by Gasteiger charge is 2.24. The number of amidine groups is 1. The van der Waals surface area contributed by atoms with Crippen molar-refractivity contribution in [2.45, 2.75) is 26.8 Å². The number of amides is 1. The molecule has 5 rings (SSSR count). The van der Waals surface area contributed by atoms with Crippen molar-refractivity contribution in [3.63, 3.8) is 0 Å². The van der Waals surface area contributed by atoms with E-state index in [1.165, 1.54) is 0 Å². The summed E-state index contributed by atoms with van der Waals surface area (Å²) in [7, 11) is 3.56. The van der Waals surface area contributed by atoms with Crippen molar-refractivity contribution in [3.8, 4) is 5.75 Å². The number of nitrogens with one attached hydrogen (secondary N) is 2. The number of carbonyl (C=O) groups excluding carboxylic acids is 1. The van der Waals surface area contributed by atoms with E-state index in [4.69, 9.17) is 9.73 Å². The van der Waals surface area contributed by atoms with E-state index in [1.54, 1.807) is 23.9 Å². The Labute approximate surface area is 223 Å². The Morgan fingerprint density at radius 1 is 1.18 bits per heavy atom. The van der Waals surface area contributed by atoms with Crippen molar-refractivity contribution < 1.29 is 9.53 Å². The molecule has 8 heteroatoms. The van der Waals surface area contributed by atoms with Gasteiger partial charge in [-0.3, -0.25) is 19.9 Å². The molecule has 1 atom stereocenters. The normalized spacial score (nSPS) is 17.7. The minimum absolute atomic E-state index is 0.142. The Balaban J connectivity index is 1.31. The number of aromatic nitrogens is 2. The summed E-state index contributed by atoms with van der Waals surface area (Å²) in [4.78, 5) is 17.6. The number of methoxy groups -OCH3 is 1. The summed E-state index contributed by atoms with van der Waals surface area (Å²) in [5.74, 6) is 1.72. The number of carbonyl (C=O) groups is 1. The summed E-state index contributed by atoms with van der Waals surface area (Å²) in [5, 5.41) is 9.39. The predicted molar refractivity (Wildman–Crippen MR) is 150 cm³/mol. The maximum absolute atomic E-state index is 12.6. The largest absolute Gasteiger partial charge is 0.497 e. The molecule has 0 aliphatic carbocycles. The Morgan fingerprint density at radius 3 is 2.63 bits per heavy atom. The van der Waals surface area contributed by atoms with Crippen molar-refractivity contribution in [3.05, 3.63) is 107 Å². The fourth-order valence-electron chi connectivity index (χ4n) is 4.39. The van der Waals surface area contributed by atoms with Gasteiger partial charge >= 0.3 is 0 Å². The molecule has 2 aromatic carbocycles. The van der Waals surface area contributed by atoms with Gasteiger partial charge in [0.15, 0.2) is 0 Å². The molecule has 3 aromatic rings. The van der Waals surface area contributed by atoms with Crippen LogP contribution in [0.3, 0.4) is 0 Å². The molecule has 38 heavy (non-hydrogen) atoms. The van der Waals surface area contributed by atoms with Crippen molar-refractivity contribution in [1.82, 2.24) is 25.5 Å². The smallest absolute Gasteiger partial charge is 0.251 e. The third kappa shape index (κ3) is 5.39. The maximum Gasteiger partial charge on any atom is 0.251 e. The highest BCUT2D eigenvalue weighted by molar-refractivity contribution is 5.94. The third-order valence-electron chi connectivity index (χ3n) is 6.75. The number of rotatable bonds is 6. The van der Waals surface area contributed by atoms with Gasteiger partial charge in [-0.25, -0.2) is 4.99 Å². The second kappa shape index (κ2) is 10.8. The van der Waals surface area contributed by atoms with Crippen LogP contribution in [0.4, 0.5) is 5.69 Å². The second-order valence-electron chi connectivity index (χ2n) is 9.48. The van der Waals surface area contributed by atoms with E-state index in [0.717, 1.165) is 52.0 Å². The molecule has 0 radical (unpaired) electrons. The molecule has 0 saturated heterocycles. The Bertz CT molecular complexity index is 1430. The minimum atomic E-state index is -0.142. The lowest BCUT2D eigenvalue weighted by atomic mass is 10.1. The number of fused-ring (bicyclic) bond motifs is 1. The van der Waals surface area contributed by atoms with E-state index < -0.39 is 0 Å². The average molecular weight is 509 g/mol. The zero-order valence-electron chi connectivity index (χ0n) is 22.1. The van der Waals surface area contributed by atoms with Crippen LogP contribution in [0.2, 0.25) is 0 Å². The summed E-state index contributed by atoms with van der Waals surface area (Å²) >= 11 is 0. The summed E-state index contributed by atoms with van der Waals surface area (Å²) < 4.78 is 7.12. The number of hydrogen-bond donors (Lipinski definition) is 2. The number of nitrogens with zero attached hydrogens (tertiary/aromatic N) is 4. The van der Waals surface area contributed by atoms with Crippen LogP contribution in [0, 0.1) is 12.8 Å². The average Bonchev–Trinajstić information content (AvgIpc) is 3.17. The van der Waals surface area contributed by atoms with E-state index in [-0.39, 0.29) is 11.8 Å². The summed E-state index contributed by atoms with van der Waals surface area (Å²) in [6, 6.07) is 17.3. The zero-order valence-corrected chi connectivity index (χ0v) is 22.1. The fourth-order valence-corrected chi connectivity index (χ4v) is 4.39. The quantitative estimate of drug-likeness (QED) is 0.488. The van der Waals surface area contributed by atoms with Crippen LogP contribution in [0.15, 0.2) is 89.6 Å². The second-order valence-corrected chi connectivity index (χ2v) is 9.48. The van der Waals surface area contributed by atoms with Crippen molar-refractivity contribution in [2.24, 2.45) is 18.0 Å². The Morgan fingerprint density at radius 2 is 1.95 bits per heavy atom. The Kier molecular flexibility index (Phi) is 7.13. The molecular weight excluding hydrogens is 476 g/mol. The SMILES string of the molecule is COc1ccc(C2=CC=CC3=CCC(C)C(=Nc4ccc(C(=O)NCc5cc(C)n(C)n5)cc4)NN32)cc1. The number of aryl methyl sites for hydroxylation is 2. The summed E-state index contributed by atoms with van der Waals surface area (Å²) in [6.07, 6.45) is 9.32. The number of allylic oxidation sites excluding steroid dienone is 4. The molecule has 0 fully saturated rings. The van der Waals surface area contributed by atoms with E-state index in [2.05, 4.69) is 52.1 Å². The number of aliphatic imine (C=N–C) groups is 1. The third-order valence-corrected chi connectivity index (χ3v) is 6.75. The van der Waals surface area contributed by atoms with Gasteiger partial charge in [-0.05, 0) is 80.1 Å². The molecule has 0 spiro atoms. The molecule has 1 amide bonds. The molecule has 8 nitrogen and oxygen atoms in total. The summed E-state index contributed by atoms with van der Waals surface area (Å²) in [5.41, 5.74) is 9.96. The van der Waals surface area contributed by atoms with E-state index in [9.17, 15) is 4.79 Å². The molecular formula is C30H32N6O2. The molecule has 3 heterocycles.